The lowest BCUT2D eigenvalue weighted by Gasteiger charge is -2.14. The van der Waals surface area contributed by atoms with Gasteiger partial charge in [-0.3, -0.25) is 4.79 Å². The predicted octanol–water partition coefficient (Wildman–Crippen LogP) is 3.62. The van der Waals surface area contributed by atoms with Crippen LogP contribution in [0.4, 0.5) is 0 Å². The lowest BCUT2D eigenvalue weighted by molar-refractivity contribution is -0.148. The molecule has 0 aliphatic heterocycles. The van der Waals surface area contributed by atoms with Gasteiger partial charge in [0.15, 0.2) is 6.61 Å². The molecule has 5 nitrogen and oxygen atoms in total. The van der Waals surface area contributed by atoms with Crippen LogP contribution in [0.3, 0.4) is 0 Å². The van der Waals surface area contributed by atoms with Gasteiger partial charge >= 0.3 is 5.97 Å². The van der Waals surface area contributed by atoms with Crippen molar-refractivity contribution >= 4 is 35.1 Å². The van der Waals surface area contributed by atoms with E-state index in [0.29, 0.717) is 21.4 Å². The molecule has 0 aliphatic carbocycles. The summed E-state index contributed by atoms with van der Waals surface area (Å²) in [6, 6.07) is 13.0. The summed E-state index contributed by atoms with van der Waals surface area (Å²) in [7, 11) is 0. The monoisotopic (exact) mass is 381 g/mol. The molecule has 0 bridgehead atoms. The molecule has 132 valence electrons. The van der Waals surface area contributed by atoms with E-state index in [9.17, 15) is 9.59 Å². The molecule has 1 N–H and O–H groups in total. The van der Waals surface area contributed by atoms with Gasteiger partial charge in [0, 0.05) is 15.6 Å². The summed E-state index contributed by atoms with van der Waals surface area (Å²) < 4.78 is 10.5. The van der Waals surface area contributed by atoms with Crippen LogP contribution in [0.25, 0.3) is 0 Å². The van der Waals surface area contributed by atoms with Crippen molar-refractivity contribution in [3.8, 4) is 5.75 Å². The second kappa shape index (κ2) is 9.30. The van der Waals surface area contributed by atoms with E-state index in [4.69, 9.17) is 32.7 Å². The summed E-state index contributed by atoms with van der Waals surface area (Å²) >= 11 is 11.8. The Bertz CT molecular complexity index is 737. The average Bonchev–Trinajstić information content (AvgIpc) is 2.60. The molecular formula is C18H17Cl2NO4. The molecule has 1 amide bonds. The van der Waals surface area contributed by atoms with Gasteiger partial charge in [-0.05, 0) is 31.2 Å². The summed E-state index contributed by atoms with van der Waals surface area (Å²) in [4.78, 5) is 23.8. The first-order chi connectivity index (χ1) is 12.0. The van der Waals surface area contributed by atoms with Gasteiger partial charge in [0.05, 0.1) is 0 Å². The highest BCUT2D eigenvalue weighted by molar-refractivity contribution is 6.35. The van der Waals surface area contributed by atoms with E-state index in [-0.39, 0.29) is 13.2 Å². The molecule has 0 saturated carbocycles. The van der Waals surface area contributed by atoms with Gasteiger partial charge in [-0.25, -0.2) is 4.79 Å². The van der Waals surface area contributed by atoms with Gasteiger partial charge in [0.2, 0.25) is 0 Å². The van der Waals surface area contributed by atoms with Gasteiger partial charge in [0.25, 0.3) is 5.91 Å². The van der Waals surface area contributed by atoms with Crippen LogP contribution in [0, 0.1) is 0 Å². The topological polar surface area (TPSA) is 64.6 Å². The third-order valence-electron chi connectivity index (χ3n) is 3.23. The number of ether oxygens (including phenoxy) is 2. The third kappa shape index (κ3) is 6.29. The molecule has 0 aromatic heterocycles. The third-order valence-corrected chi connectivity index (χ3v) is 3.82. The second-order valence-corrected chi connectivity index (χ2v) is 6.08. The van der Waals surface area contributed by atoms with Crippen molar-refractivity contribution in [3.63, 3.8) is 0 Å². The molecule has 2 aromatic carbocycles. The number of hydrogen-bond acceptors (Lipinski definition) is 4. The zero-order valence-corrected chi connectivity index (χ0v) is 15.0. The minimum atomic E-state index is -0.807. The van der Waals surface area contributed by atoms with E-state index in [2.05, 4.69) is 5.32 Å². The molecule has 0 radical (unpaired) electrons. The van der Waals surface area contributed by atoms with E-state index >= 15 is 0 Å². The predicted molar refractivity (Wildman–Crippen MR) is 95.8 cm³/mol. The molecular weight excluding hydrogens is 365 g/mol. The van der Waals surface area contributed by atoms with Gasteiger partial charge in [0.1, 0.15) is 18.4 Å². The fraction of sp³-hybridized carbons (Fsp3) is 0.222. The Morgan fingerprint density at radius 2 is 1.84 bits per heavy atom. The largest absolute Gasteiger partial charge is 0.484 e. The van der Waals surface area contributed by atoms with Crippen LogP contribution in [0.2, 0.25) is 10.0 Å². The SMILES string of the molecule is C[C@H](NC(=O)COc1ccccc1)C(=O)OCc1ccc(Cl)cc1Cl. The van der Waals surface area contributed by atoms with Crippen molar-refractivity contribution in [1.29, 1.82) is 0 Å². The van der Waals surface area contributed by atoms with Gasteiger partial charge < -0.3 is 14.8 Å². The van der Waals surface area contributed by atoms with Crippen molar-refractivity contribution in [2.75, 3.05) is 6.61 Å². The molecule has 1 atom stereocenters. The number of amides is 1. The van der Waals surface area contributed by atoms with Gasteiger partial charge in [-0.1, -0.05) is 47.5 Å². The molecule has 2 aromatic rings. The van der Waals surface area contributed by atoms with Crippen LogP contribution in [0.5, 0.6) is 5.75 Å². The smallest absolute Gasteiger partial charge is 0.328 e. The number of halogens is 2. The molecule has 0 aliphatic rings. The zero-order chi connectivity index (χ0) is 18.2. The Morgan fingerprint density at radius 3 is 2.52 bits per heavy atom. The Hall–Kier alpha value is -2.24. The summed E-state index contributed by atoms with van der Waals surface area (Å²) in [5.74, 6) is -0.415. The number of benzene rings is 2. The Balaban J connectivity index is 1.76. The molecule has 0 spiro atoms. The first-order valence-corrected chi connectivity index (χ1v) is 8.29. The highest BCUT2D eigenvalue weighted by Gasteiger charge is 2.18. The molecule has 0 heterocycles. The standard InChI is InChI=1S/C18H17Cl2NO4/c1-12(21-17(22)11-24-15-5-3-2-4-6-15)18(23)25-10-13-7-8-14(19)9-16(13)20/h2-9,12H,10-11H2,1H3,(H,21,22)/t12-/m0/s1. The van der Waals surface area contributed by atoms with E-state index in [1.54, 1.807) is 42.5 Å². The Labute approximate surface area is 155 Å². The highest BCUT2D eigenvalue weighted by atomic mass is 35.5. The van der Waals surface area contributed by atoms with Crippen LogP contribution in [0.15, 0.2) is 48.5 Å². The maximum atomic E-state index is 12.0. The molecule has 0 unspecified atom stereocenters. The lowest BCUT2D eigenvalue weighted by atomic mass is 10.2. The fourth-order valence-corrected chi connectivity index (χ4v) is 2.38. The summed E-state index contributed by atoms with van der Waals surface area (Å²) in [5.41, 5.74) is 0.630. The van der Waals surface area contributed by atoms with Crippen LogP contribution in [-0.2, 0) is 20.9 Å². The Morgan fingerprint density at radius 1 is 1.12 bits per heavy atom. The summed E-state index contributed by atoms with van der Waals surface area (Å²) in [6.07, 6.45) is 0. The first-order valence-electron chi connectivity index (χ1n) is 7.53. The maximum Gasteiger partial charge on any atom is 0.328 e. The normalized spacial score (nSPS) is 11.5. The number of esters is 1. The van der Waals surface area contributed by atoms with E-state index in [1.165, 1.54) is 6.92 Å². The van der Waals surface area contributed by atoms with Crippen molar-refractivity contribution in [2.24, 2.45) is 0 Å². The first kappa shape index (κ1) is 19.1. The molecule has 25 heavy (non-hydrogen) atoms. The van der Waals surface area contributed by atoms with Crippen LogP contribution < -0.4 is 10.1 Å². The number of carbonyl (C=O) groups excluding carboxylic acids is 2. The molecule has 0 fully saturated rings. The van der Waals surface area contributed by atoms with Gasteiger partial charge in [-0.15, -0.1) is 0 Å². The molecule has 2 rings (SSSR count). The van der Waals surface area contributed by atoms with Crippen LogP contribution in [-0.4, -0.2) is 24.5 Å². The van der Waals surface area contributed by atoms with E-state index < -0.39 is 17.9 Å². The summed E-state index contributed by atoms with van der Waals surface area (Å²) in [5, 5.41) is 3.43. The fourth-order valence-electron chi connectivity index (χ4n) is 1.92. The minimum absolute atomic E-state index is 0.00440. The summed E-state index contributed by atoms with van der Waals surface area (Å²) in [6.45, 7) is 1.34. The van der Waals surface area contributed by atoms with Crippen LogP contribution >= 0.6 is 23.2 Å². The number of hydrogen-bond donors (Lipinski definition) is 1. The number of nitrogens with one attached hydrogen (secondary N) is 1. The number of rotatable bonds is 7. The van der Waals surface area contributed by atoms with Gasteiger partial charge in [-0.2, -0.15) is 0 Å². The quantitative estimate of drug-likeness (QED) is 0.743. The average molecular weight is 382 g/mol. The number of para-hydroxylation sites is 1. The van der Waals surface area contributed by atoms with Crippen molar-refractivity contribution in [3.05, 3.63) is 64.1 Å². The minimum Gasteiger partial charge on any atom is -0.484 e. The van der Waals surface area contributed by atoms with Crippen molar-refractivity contribution in [1.82, 2.24) is 5.32 Å². The van der Waals surface area contributed by atoms with E-state index in [1.807, 2.05) is 6.07 Å². The lowest BCUT2D eigenvalue weighted by Crippen LogP contribution is -2.41. The zero-order valence-electron chi connectivity index (χ0n) is 13.5. The van der Waals surface area contributed by atoms with E-state index in [0.717, 1.165) is 0 Å². The molecule has 7 heteroatoms. The van der Waals surface area contributed by atoms with Crippen molar-refractivity contribution < 1.29 is 19.1 Å². The Kier molecular flexibility index (Phi) is 7.10. The van der Waals surface area contributed by atoms with Crippen molar-refractivity contribution in [2.45, 2.75) is 19.6 Å². The van der Waals surface area contributed by atoms with Crippen LogP contribution in [0.1, 0.15) is 12.5 Å². The number of carbonyl (C=O) groups is 2. The maximum absolute atomic E-state index is 12.0. The highest BCUT2D eigenvalue weighted by Crippen LogP contribution is 2.21. The second-order valence-electron chi connectivity index (χ2n) is 5.23. The molecule has 0 saturated heterocycles.